The number of hydrogen-bond acceptors (Lipinski definition) is 10. The van der Waals surface area contributed by atoms with E-state index in [2.05, 4.69) is 19.7 Å². The van der Waals surface area contributed by atoms with Gasteiger partial charge in [0.05, 0.1) is 16.6 Å². The van der Waals surface area contributed by atoms with Crippen molar-refractivity contribution in [2.24, 2.45) is 10.2 Å². The summed E-state index contributed by atoms with van der Waals surface area (Å²) in [6, 6.07) is 3.39. The van der Waals surface area contributed by atoms with Crippen molar-refractivity contribution in [3.8, 4) is 5.75 Å². The van der Waals surface area contributed by atoms with Gasteiger partial charge in [0.1, 0.15) is 12.0 Å². The standard InChI is InChI=1S/C14H12ClN4O8P/c1-7-13(21)9(5-20)10(6-27-28(24,25)26)14(16-7)18-17-12-4-8(19(22)23)2-3-11(12)15/h2-5,21H,6H2,1H3,(H2,24,25,26)/p-2. The number of aldehydes is 1. The Labute approximate surface area is 161 Å². The molecule has 0 aliphatic carbocycles. The van der Waals surface area contributed by atoms with Gasteiger partial charge >= 0.3 is 0 Å². The van der Waals surface area contributed by atoms with Crippen LogP contribution >= 0.6 is 19.4 Å². The number of aryl methyl sites for hydroxylation is 1. The van der Waals surface area contributed by atoms with Crippen LogP contribution in [0.25, 0.3) is 0 Å². The molecule has 2 rings (SSSR count). The molecule has 0 aliphatic rings. The number of nitro groups is 1. The summed E-state index contributed by atoms with van der Waals surface area (Å²) in [5.41, 5.74) is -1.40. The normalized spacial score (nSPS) is 13.4. The molecule has 148 valence electrons. The van der Waals surface area contributed by atoms with Crippen molar-refractivity contribution in [3.05, 3.63) is 50.2 Å². The Balaban J connectivity index is 2.55. The molecule has 0 spiro atoms. The highest BCUT2D eigenvalue weighted by atomic mass is 35.5. The van der Waals surface area contributed by atoms with Gasteiger partial charge in [-0.3, -0.25) is 19.5 Å². The predicted molar refractivity (Wildman–Crippen MR) is 90.7 cm³/mol. The van der Waals surface area contributed by atoms with E-state index in [4.69, 9.17) is 16.5 Å². The lowest BCUT2D eigenvalue weighted by atomic mass is 10.1. The minimum absolute atomic E-state index is 0.0133. The number of halogens is 1. The molecule has 1 aromatic heterocycles. The topological polar surface area (TPSA) is 190 Å². The van der Waals surface area contributed by atoms with Gasteiger partial charge in [-0.05, 0) is 13.0 Å². The van der Waals surface area contributed by atoms with Crippen LogP contribution in [0, 0.1) is 17.0 Å². The molecule has 0 saturated carbocycles. The Morgan fingerprint density at radius 1 is 1.43 bits per heavy atom. The van der Waals surface area contributed by atoms with E-state index < -0.39 is 30.7 Å². The lowest BCUT2D eigenvalue weighted by Crippen LogP contribution is -2.09. The van der Waals surface area contributed by atoms with E-state index in [1.165, 1.54) is 13.0 Å². The Bertz CT molecular complexity index is 1020. The molecular formula is C14H10ClN4O8P-2. The van der Waals surface area contributed by atoms with Gasteiger partial charge in [0.2, 0.25) is 0 Å². The van der Waals surface area contributed by atoms with Crippen LogP contribution in [0.3, 0.4) is 0 Å². The third kappa shape index (κ3) is 5.15. The molecule has 0 saturated heterocycles. The summed E-state index contributed by atoms with van der Waals surface area (Å²) in [5, 5.41) is 30.3. The number of azo groups is 1. The first-order valence-corrected chi connectivity index (χ1v) is 9.10. The number of benzene rings is 1. The summed E-state index contributed by atoms with van der Waals surface area (Å²) in [6.45, 7) is 0.370. The molecule has 28 heavy (non-hydrogen) atoms. The zero-order valence-corrected chi connectivity index (χ0v) is 15.6. The van der Waals surface area contributed by atoms with Gasteiger partial charge in [-0.2, -0.15) is 0 Å². The fraction of sp³-hybridized carbons (Fsp3) is 0.143. The summed E-state index contributed by atoms with van der Waals surface area (Å²) < 4.78 is 15.1. The molecule has 0 bridgehead atoms. The van der Waals surface area contributed by atoms with Crippen molar-refractivity contribution >= 4 is 42.9 Å². The Morgan fingerprint density at radius 2 is 2.11 bits per heavy atom. The van der Waals surface area contributed by atoms with E-state index >= 15 is 0 Å². The number of rotatable bonds is 7. The van der Waals surface area contributed by atoms with E-state index in [-0.39, 0.29) is 39.8 Å². The molecule has 0 fully saturated rings. The van der Waals surface area contributed by atoms with Crippen molar-refractivity contribution < 1.29 is 33.7 Å². The lowest BCUT2D eigenvalue weighted by molar-refractivity contribution is -0.384. The molecule has 0 aliphatic heterocycles. The SMILES string of the molecule is Cc1nc(N=Nc2cc([N+](=O)[O-])ccc2Cl)c(COP(=O)([O-])O)c(C=O)c1[O-]. The zero-order valence-electron chi connectivity index (χ0n) is 13.9. The quantitative estimate of drug-likeness (QED) is 0.226. The highest BCUT2D eigenvalue weighted by Gasteiger charge is 2.16. The first-order chi connectivity index (χ1) is 13.0. The van der Waals surface area contributed by atoms with E-state index in [0.29, 0.717) is 0 Å². The third-order valence-corrected chi connectivity index (χ3v) is 4.10. The first-order valence-electron chi connectivity index (χ1n) is 7.23. The van der Waals surface area contributed by atoms with Crippen molar-refractivity contribution in [1.82, 2.24) is 4.98 Å². The number of nitrogens with zero attached hydrogens (tertiary/aromatic N) is 4. The van der Waals surface area contributed by atoms with Crippen LogP contribution in [0.5, 0.6) is 5.75 Å². The van der Waals surface area contributed by atoms with Crippen molar-refractivity contribution in [1.29, 1.82) is 0 Å². The Kier molecular flexibility index (Phi) is 6.54. The van der Waals surface area contributed by atoms with Crippen LogP contribution in [0.4, 0.5) is 17.2 Å². The van der Waals surface area contributed by atoms with Gasteiger partial charge in [-0.25, -0.2) is 4.98 Å². The summed E-state index contributed by atoms with van der Waals surface area (Å²) >= 11 is 5.90. The van der Waals surface area contributed by atoms with Crippen LogP contribution in [0.15, 0.2) is 28.4 Å². The number of phosphoric acid groups is 1. The molecule has 1 aromatic carbocycles. The average molecular weight is 429 g/mol. The summed E-state index contributed by atoms with van der Waals surface area (Å²) in [5.74, 6) is -1.16. The molecule has 14 heteroatoms. The molecule has 2 aromatic rings. The third-order valence-electron chi connectivity index (χ3n) is 3.32. The van der Waals surface area contributed by atoms with Crippen LogP contribution < -0.4 is 10.00 Å². The van der Waals surface area contributed by atoms with Gasteiger partial charge in [0.25, 0.3) is 13.5 Å². The molecule has 1 unspecified atom stereocenters. The second-order valence-corrected chi connectivity index (χ2v) is 6.80. The monoisotopic (exact) mass is 428 g/mol. The first kappa shape index (κ1) is 21.5. The number of pyridine rings is 1. The minimum Gasteiger partial charge on any atom is -0.871 e. The van der Waals surface area contributed by atoms with Gasteiger partial charge in [0, 0.05) is 29.0 Å². The zero-order chi connectivity index (χ0) is 21.1. The largest absolute Gasteiger partial charge is 0.871 e. The second kappa shape index (κ2) is 8.50. The minimum atomic E-state index is -5.17. The molecule has 1 atom stereocenters. The highest BCUT2D eigenvalue weighted by molar-refractivity contribution is 7.44. The number of carbonyl (C=O) groups excluding carboxylic acids is 1. The van der Waals surface area contributed by atoms with E-state index in [9.17, 15) is 29.5 Å². The second-order valence-electron chi connectivity index (χ2n) is 5.19. The maximum absolute atomic E-state index is 12.0. The number of aromatic nitrogens is 1. The van der Waals surface area contributed by atoms with E-state index in [1.54, 1.807) is 0 Å². The fourth-order valence-corrected chi connectivity index (χ4v) is 2.47. The van der Waals surface area contributed by atoms with E-state index in [0.717, 1.165) is 12.1 Å². The van der Waals surface area contributed by atoms with Crippen LogP contribution in [-0.2, 0) is 15.7 Å². The van der Waals surface area contributed by atoms with Crippen LogP contribution in [-0.4, -0.2) is 21.1 Å². The van der Waals surface area contributed by atoms with Gasteiger partial charge < -0.3 is 19.4 Å². The Hall–Kier alpha value is -2.76. The number of nitro benzene ring substituents is 1. The highest BCUT2D eigenvalue weighted by Crippen LogP contribution is 2.37. The maximum Gasteiger partial charge on any atom is 0.271 e. The number of phosphoric ester groups is 1. The molecule has 0 radical (unpaired) electrons. The number of hydrogen-bond donors (Lipinski definition) is 1. The van der Waals surface area contributed by atoms with Gasteiger partial charge in [-0.15, -0.1) is 10.2 Å². The molecule has 1 N–H and O–H groups in total. The van der Waals surface area contributed by atoms with E-state index in [1.807, 2.05) is 0 Å². The van der Waals surface area contributed by atoms with Crippen molar-refractivity contribution in [2.45, 2.75) is 13.5 Å². The summed E-state index contributed by atoms with van der Waals surface area (Å²) in [6.07, 6.45) is 0.155. The van der Waals surface area contributed by atoms with Crippen molar-refractivity contribution in [3.63, 3.8) is 0 Å². The number of non-ortho nitro benzene ring substituents is 1. The van der Waals surface area contributed by atoms with Gasteiger partial charge in [0.15, 0.2) is 5.82 Å². The predicted octanol–water partition coefficient (Wildman–Crippen LogP) is 2.23. The fourth-order valence-electron chi connectivity index (χ4n) is 2.02. The molecule has 0 amide bonds. The molecular weight excluding hydrogens is 419 g/mol. The van der Waals surface area contributed by atoms with Crippen LogP contribution in [0.2, 0.25) is 5.02 Å². The average Bonchev–Trinajstić information content (AvgIpc) is 2.61. The Morgan fingerprint density at radius 3 is 2.68 bits per heavy atom. The summed E-state index contributed by atoms with van der Waals surface area (Å²) in [7, 11) is -5.17. The summed E-state index contributed by atoms with van der Waals surface area (Å²) in [4.78, 5) is 44.8. The van der Waals surface area contributed by atoms with Gasteiger partial charge in [-0.1, -0.05) is 17.4 Å². The molecule has 12 nitrogen and oxygen atoms in total. The molecule has 1 heterocycles. The number of carbonyl (C=O) groups is 1. The van der Waals surface area contributed by atoms with Crippen molar-refractivity contribution in [2.75, 3.05) is 0 Å². The smallest absolute Gasteiger partial charge is 0.271 e. The van der Waals surface area contributed by atoms with Crippen LogP contribution in [0.1, 0.15) is 21.6 Å². The maximum atomic E-state index is 12.0. The lowest BCUT2D eigenvalue weighted by Gasteiger charge is -2.20.